The lowest BCUT2D eigenvalue weighted by Crippen LogP contribution is -2.25. The van der Waals surface area contributed by atoms with Gasteiger partial charge in [-0.15, -0.1) is 0 Å². The van der Waals surface area contributed by atoms with Crippen molar-refractivity contribution in [3.63, 3.8) is 0 Å². The van der Waals surface area contributed by atoms with Crippen LogP contribution in [0.1, 0.15) is 23.1 Å². The van der Waals surface area contributed by atoms with Gasteiger partial charge < -0.3 is 14.8 Å². The van der Waals surface area contributed by atoms with Gasteiger partial charge in [-0.25, -0.2) is 4.39 Å². The smallest absolute Gasteiger partial charge is 0.261 e. The van der Waals surface area contributed by atoms with E-state index in [9.17, 15) is 14.4 Å². The molecular weight excluding hydrogens is 499 g/mol. The standard InChI is InChI=1S/C27H24BrFN2O3/c1-33-25-16-21(15-24(28)26(25)34-18-20-9-11-23(29)12-10-20)14-22(17-30)27(32)31-13-5-8-19-6-3-2-4-7-19/h2-4,6-7,9-12,14-16H,5,8,13,18H2,1H3,(H,31,32)/b22-14-. The number of amides is 1. The number of hydrogen-bond donors (Lipinski definition) is 1. The molecule has 174 valence electrons. The molecule has 0 spiro atoms. The Hall–Kier alpha value is -3.63. The SMILES string of the molecule is COc1cc(/C=C(/C#N)C(=O)NCCCc2ccccc2)cc(Br)c1OCc1ccc(F)cc1. The Kier molecular flexibility index (Phi) is 9.24. The van der Waals surface area contributed by atoms with E-state index in [1.807, 2.05) is 36.4 Å². The minimum Gasteiger partial charge on any atom is -0.493 e. The molecule has 0 aliphatic carbocycles. The van der Waals surface area contributed by atoms with Crippen LogP contribution in [-0.2, 0) is 17.8 Å². The van der Waals surface area contributed by atoms with Crippen LogP contribution in [0.4, 0.5) is 4.39 Å². The van der Waals surface area contributed by atoms with Crippen LogP contribution >= 0.6 is 15.9 Å². The van der Waals surface area contributed by atoms with Crippen molar-refractivity contribution < 1.29 is 18.7 Å². The van der Waals surface area contributed by atoms with Gasteiger partial charge in [0.1, 0.15) is 24.1 Å². The van der Waals surface area contributed by atoms with Gasteiger partial charge in [0.15, 0.2) is 11.5 Å². The third kappa shape index (κ3) is 7.19. The third-order valence-electron chi connectivity index (χ3n) is 4.99. The van der Waals surface area contributed by atoms with E-state index in [0.29, 0.717) is 28.1 Å². The van der Waals surface area contributed by atoms with Crippen LogP contribution in [0, 0.1) is 17.1 Å². The molecule has 0 radical (unpaired) electrons. The molecule has 34 heavy (non-hydrogen) atoms. The van der Waals surface area contributed by atoms with Crippen LogP contribution in [0.5, 0.6) is 11.5 Å². The lowest BCUT2D eigenvalue weighted by atomic mass is 10.1. The van der Waals surface area contributed by atoms with Crippen molar-refractivity contribution in [2.24, 2.45) is 0 Å². The van der Waals surface area contributed by atoms with Crippen LogP contribution < -0.4 is 14.8 Å². The maximum absolute atomic E-state index is 13.1. The van der Waals surface area contributed by atoms with E-state index in [4.69, 9.17) is 9.47 Å². The fourth-order valence-corrected chi connectivity index (χ4v) is 3.82. The Bertz CT molecular complexity index is 1190. The largest absolute Gasteiger partial charge is 0.493 e. The van der Waals surface area contributed by atoms with E-state index in [1.54, 1.807) is 24.3 Å². The highest BCUT2D eigenvalue weighted by Gasteiger charge is 2.14. The molecule has 0 atom stereocenters. The van der Waals surface area contributed by atoms with Gasteiger partial charge in [0, 0.05) is 6.54 Å². The molecule has 1 N–H and O–H groups in total. The van der Waals surface area contributed by atoms with Gasteiger partial charge in [-0.05, 0) is 75.8 Å². The minimum atomic E-state index is -0.428. The van der Waals surface area contributed by atoms with Gasteiger partial charge in [0.05, 0.1) is 11.6 Å². The van der Waals surface area contributed by atoms with Crippen LogP contribution in [-0.4, -0.2) is 19.6 Å². The number of nitrogens with one attached hydrogen (secondary N) is 1. The summed E-state index contributed by atoms with van der Waals surface area (Å²) in [7, 11) is 1.50. The van der Waals surface area contributed by atoms with Crippen LogP contribution in [0.2, 0.25) is 0 Å². The van der Waals surface area contributed by atoms with Gasteiger partial charge >= 0.3 is 0 Å². The molecule has 0 aliphatic heterocycles. The van der Waals surface area contributed by atoms with Crippen LogP contribution in [0.3, 0.4) is 0 Å². The van der Waals surface area contributed by atoms with Crippen molar-refractivity contribution in [2.75, 3.05) is 13.7 Å². The summed E-state index contributed by atoms with van der Waals surface area (Å²) in [6.07, 6.45) is 3.12. The van der Waals surface area contributed by atoms with Crippen molar-refractivity contribution >= 4 is 27.9 Å². The monoisotopic (exact) mass is 522 g/mol. The Morgan fingerprint density at radius 2 is 1.85 bits per heavy atom. The lowest BCUT2D eigenvalue weighted by molar-refractivity contribution is -0.117. The molecule has 3 rings (SSSR count). The molecule has 5 nitrogen and oxygen atoms in total. The highest BCUT2D eigenvalue weighted by Crippen LogP contribution is 2.37. The average molecular weight is 523 g/mol. The first-order chi connectivity index (χ1) is 16.5. The predicted molar refractivity (Wildman–Crippen MR) is 133 cm³/mol. The molecule has 0 fully saturated rings. The average Bonchev–Trinajstić information content (AvgIpc) is 2.85. The number of nitriles is 1. The molecule has 3 aromatic rings. The van der Waals surface area contributed by atoms with Crippen molar-refractivity contribution in [3.05, 3.63) is 99.3 Å². The fourth-order valence-electron chi connectivity index (χ4n) is 3.25. The maximum Gasteiger partial charge on any atom is 0.261 e. The van der Waals surface area contributed by atoms with E-state index in [1.165, 1.54) is 30.9 Å². The molecule has 3 aromatic carbocycles. The van der Waals surface area contributed by atoms with Gasteiger partial charge in [-0.2, -0.15) is 5.26 Å². The molecule has 0 heterocycles. The third-order valence-corrected chi connectivity index (χ3v) is 5.58. The quantitative estimate of drug-likeness (QED) is 0.206. The highest BCUT2D eigenvalue weighted by molar-refractivity contribution is 9.10. The van der Waals surface area contributed by atoms with Crippen LogP contribution in [0.15, 0.2) is 76.8 Å². The van der Waals surface area contributed by atoms with Crippen molar-refractivity contribution in [3.8, 4) is 17.6 Å². The normalized spacial score (nSPS) is 10.9. The summed E-state index contributed by atoms with van der Waals surface area (Å²) in [5.41, 5.74) is 2.60. The van der Waals surface area contributed by atoms with E-state index in [-0.39, 0.29) is 18.0 Å². The number of carbonyl (C=O) groups excluding carboxylic acids is 1. The summed E-state index contributed by atoms with van der Waals surface area (Å²) >= 11 is 3.47. The molecule has 0 saturated heterocycles. The molecule has 0 unspecified atom stereocenters. The summed E-state index contributed by atoms with van der Waals surface area (Å²) in [6.45, 7) is 0.690. The molecule has 0 saturated carbocycles. The molecule has 0 aromatic heterocycles. The number of aryl methyl sites for hydroxylation is 1. The fraction of sp³-hybridized carbons (Fsp3) is 0.185. The number of halogens is 2. The van der Waals surface area contributed by atoms with Crippen LogP contribution in [0.25, 0.3) is 6.08 Å². The number of benzene rings is 3. The van der Waals surface area contributed by atoms with E-state index in [0.717, 1.165) is 18.4 Å². The first-order valence-corrected chi connectivity index (χ1v) is 11.5. The van der Waals surface area contributed by atoms with E-state index >= 15 is 0 Å². The number of carbonyl (C=O) groups is 1. The van der Waals surface area contributed by atoms with Gasteiger partial charge in [0.2, 0.25) is 0 Å². The summed E-state index contributed by atoms with van der Waals surface area (Å²) in [4.78, 5) is 12.5. The first-order valence-electron chi connectivity index (χ1n) is 10.7. The minimum absolute atomic E-state index is 0.00588. The number of ether oxygens (including phenoxy) is 2. The second kappa shape index (κ2) is 12.6. The van der Waals surface area contributed by atoms with Gasteiger partial charge in [-0.1, -0.05) is 42.5 Å². The Morgan fingerprint density at radius 1 is 1.12 bits per heavy atom. The van der Waals surface area contributed by atoms with E-state index in [2.05, 4.69) is 21.2 Å². The number of hydrogen-bond acceptors (Lipinski definition) is 4. The van der Waals surface area contributed by atoms with E-state index < -0.39 is 5.91 Å². The zero-order chi connectivity index (χ0) is 24.3. The summed E-state index contributed by atoms with van der Waals surface area (Å²) in [5.74, 6) is 0.158. The number of nitrogens with zero attached hydrogens (tertiary/aromatic N) is 1. The van der Waals surface area contributed by atoms with Gasteiger partial charge in [0.25, 0.3) is 5.91 Å². The Morgan fingerprint density at radius 3 is 2.53 bits per heavy atom. The van der Waals surface area contributed by atoms with Gasteiger partial charge in [-0.3, -0.25) is 4.79 Å². The second-order valence-electron chi connectivity index (χ2n) is 7.46. The molecule has 0 bridgehead atoms. The molecular formula is C27H24BrFN2O3. The lowest BCUT2D eigenvalue weighted by Gasteiger charge is -2.14. The van der Waals surface area contributed by atoms with Crippen molar-refractivity contribution in [1.82, 2.24) is 5.32 Å². The Labute approximate surface area is 207 Å². The van der Waals surface area contributed by atoms with Crippen molar-refractivity contribution in [2.45, 2.75) is 19.4 Å². The molecule has 7 heteroatoms. The highest BCUT2D eigenvalue weighted by atomic mass is 79.9. The first kappa shape index (κ1) is 25.0. The summed E-state index contributed by atoms with van der Waals surface area (Å²) in [6, 6.07) is 21.4. The number of rotatable bonds is 10. The molecule has 1 amide bonds. The summed E-state index contributed by atoms with van der Waals surface area (Å²) in [5, 5.41) is 12.3. The zero-order valence-electron chi connectivity index (χ0n) is 18.7. The summed E-state index contributed by atoms with van der Waals surface area (Å²) < 4.78 is 25.0. The Balaban J connectivity index is 1.65. The zero-order valence-corrected chi connectivity index (χ0v) is 20.3. The number of methoxy groups -OCH3 is 1. The predicted octanol–water partition coefficient (Wildman–Crippen LogP) is 5.83. The topological polar surface area (TPSA) is 71.3 Å². The maximum atomic E-state index is 13.1. The molecule has 0 aliphatic rings. The van der Waals surface area contributed by atoms with Crippen molar-refractivity contribution in [1.29, 1.82) is 5.26 Å². The second-order valence-corrected chi connectivity index (χ2v) is 8.32.